The molecule has 144 valence electrons. The Labute approximate surface area is 145 Å². The highest BCUT2D eigenvalue weighted by molar-refractivity contribution is 5.71. The first-order valence-corrected chi connectivity index (χ1v) is 7.42. The Balaban J connectivity index is 2.29. The van der Waals surface area contributed by atoms with Gasteiger partial charge in [-0.05, 0) is 32.9 Å². The summed E-state index contributed by atoms with van der Waals surface area (Å²) in [7, 11) is 0. The molecule has 2 rings (SSSR count). The van der Waals surface area contributed by atoms with Crippen LogP contribution in [0.1, 0.15) is 26.3 Å². The van der Waals surface area contributed by atoms with Crippen LogP contribution in [0.5, 0.6) is 0 Å². The molecule has 0 bridgehead atoms. The first-order valence-electron chi connectivity index (χ1n) is 7.42. The molecule has 0 N–H and O–H groups in total. The summed E-state index contributed by atoms with van der Waals surface area (Å²) in [5.74, 6) is -0.620. The quantitative estimate of drug-likeness (QED) is 0.438. The second-order valence-electron chi connectivity index (χ2n) is 5.67. The smallest absolute Gasteiger partial charge is 0.423 e. The molecule has 1 fully saturated rings. The van der Waals surface area contributed by atoms with Crippen LogP contribution in [0.3, 0.4) is 0 Å². The minimum absolute atomic E-state index is 0.148. The predicted octanol–water partition coefficient (Wildman–Crippen LogP) is 2.81. The van der Waals surface area contributed by atoms with Gasteiger partial charge < -0.3 is 4.74 Å². The number of nitro benzene ring substituents is 1. The van der Waals surface area contributed by atoms with Crippen LogP contribution in [0.4, 0.5) is 24.5 Å². The molecule has 0 atom stereocenters. The fourth-order valence-corrected chi connectivity index (χ4v) is 2.12. The van der Waals surface area contributed by atoms with Gasteiger partial charge in [0.05, 0.1) is 17.2 Å². The standard InChI is InChI=1S/C14H16F3N3O6/c1-4-24-12(21)8-18-13(2,3)25-20(26-18)9-5-6-11(19(22)23)10(7-9)14(15,16)17/h5-7H,4,8H2,1-3H3. The number of ether oxygens (including phenoxy) is 1. The monoisotopic (exact) mass is 379 g/mol. The van der Waals surface area contributed by atoms with Crippen molar-refractivity contribution in [3.05, 3.63) is 33.9 Å². The van der Waals surface area contributed by atoms with Crippen molar-refractivity contribution in [3.63, 3.8) is 0 Å². The molecule has 12 heteroatoms. The lowest BCUT2D eigenvalue weighted by Gasteiger charge is -2.22. The lowest BCUT2D eigenvalue weighted by atomic mass is 10.1. The summed E-state index contributed by atoms with van der Waals surface area (Å²) in [6.45, 7) is 4.46. The fraction of sp³-hybridized carbons (Fsp3) is 0.500. The zero-order valence-electron chi connectivity index (χ0n) is 14.1. The minimum Gasteiger partial charge on any atom is -0.465 e. The van der Waals surface area contributed by atoms with Crippen LogP contribution in [-0.2, 0) is 25.5 Å². The number of hydroxylamine groups is 2. The lowest BCUT2D eigenvalue weighted by Crippen LogP contribution is -2.42. The molecular formula is C14H16F3N3O6. The van der Waals surface area contributed by atoms with Crippen molar-refractivity contribution in [2.45, 2.75) is 32.7 Å². The number of hydrogen-bond acceptors (Lipinski definition) is 8. The minimum atomic E-state index is -4.95. The average molecular weight is 379 g/mol. The van der Waals surface area contributed by atoms with E-state index in [0.717, 1.165) is 11.1 Å². The van der Waals surface area contributed by atoms with Gasteiger partial charge in [0.2, 0.25) is 0 Å². The molecule has 1 aliphatic heterocycles. The number of nitro groups is 1. The van der Waals surface area contributed by atoms with E-state index < -0.39 is 34.0 Å². The Morgan fingerprint density at radius 1 is 1.38 bits per heavy atom. The molecule has 1 saturated heterocycles. The lowest BCUT2D eigenvalue weighted by molar-refractivity contribution is -0.388. The molecule has 1 aliphatic rings. The van der Waals surface area contributed by atoms with E-state index in [4.69, 9.17) is 14.5 Å². The maximum atomic E-state index is 13.1. The van der Waals surface area contributed by atoms with Crippen LogP contribution in [0.25, 0.3) is 0 Å². The molecule has 0 aromatic heterocycles. The van der Waals surface area contributed by atoms with E-state index in [1.54, 1.807) is 6.92 Å². The molecular weight excluding hydrogens is 363 g/mol. The Morgan fingerprint density at radius 2 is 2.04 bits per heavy atom. The van der Waals surface area contributed by atoms with Crippen molar-refractivity contribution >= 4 is 17.3 Å². The van der Waals surface area contributed by atoms with Crippen LogP contribution in [0.2, 0.25) is 0 Å². The Kier molecular flexibility index (Phi) is 5.39. The van der Waals surface area contributed by atoms with Crippen molar-refractivity contribution in [2.75, 3.05) is 18.4 Å². The van der Waals surface area contributed by atoms with Crippen LogP contribution in [0, 0.1) is 10.1 Å². The van der Waals surface area contributed by atoms with E-state index in [2.05, 4.69) is 0 Å². The average Bonchev–Trinajstić information content (AvgIpc) is 2.81. The Bertz CT molecular complexity index is 710. The zero-order valence-corrected chi connectivity index (χ0v) is 14.1. The van der Waals surface area contributed by atoms with E-state index in [-0.39, 0.29) is 18.8 Å². The number of carbonyl (C=O) groups excluding carboxylic acids is 1. The van der Waals surface area contributed by atoms with Crippen LogP contribution >= 0.6 is 0 Å². The first-order chi connectivity index (χ1) is 12.0. The zero-order chi connectivity index (χ0) is 19.7. The maximum Gasteiger partial charge on any atom is 0.423 e. The number of halogens is 3. The number of hydrogen-bond donors (Lipinski definition) is 0. The SMILES string of the molecule is CCOC(=O)CN1ON(c2ccc([N+](=O)[O-])c(C(F)(F)F)c2)OC1(C)C. The van der Waals surface area contributed by atoms with Gasteiger partial charge in [0.25, 0.3) is 5.69 Å². The summed E-state index contributed by atoms with van der Waals surface area (Å²) in [6, 6.07) is 2.27. The van der Waals surface area contributed by atoms with E-state index in [1.165, 1.54) is 13.8 Å². The Morgan fingerprint density at radius 3 is 2.58 bits per heavy atom. The molecule has 0 saturated carbocycles. The second-order valence-corrected chi connectivity index (χ2v) is 5.67. The van der Waals surface area contributed by atoms with Gasteiger partial charge in [0.15, 0.2) is 5.72 Å². The normalized spacial score (nSPS) is 17.4. The molecule has 9 nitrogen and oxygen atoms in total. The number of rotatable bonds is 5. The third kappa shape index (κ3) is 4.20. The number of benzene rings is 1. The molecule has 0 unspecified atom stereocenters. The van der Waals surface area contributed by atoms with Gasteiger partial charge >= 0.3 is 12.1 Å². The molecule has 1 heterocycles. The highest BCUT2D eigenvalue weighted by Crippen LogP contribution is 2.40. The van der Waals surface area contributed by atoms with Gasteiger partial charge in [-0.3, -0.25) is 14.9 Å². The van der Waals surface area contributed by atoms with Crippen LogP contribution in [0.15, 0.2) is 18.2 Å². The third-order valence-electron chi connectivity index (χ3n) is 3.35. The summed E-state index contributed by atoms with van der Waals surface area (Å²) in [5.41, 5.74) is -3.98. The van der Waals surface area contributed by atoms with Gasteiger partial charge in [0, 0.05) is 6.07 Å². The first kappa shape index (κ1) is 19.9. The third-order valence-corrected chi connectivity index (χ3v) is 3.35. The summed E-state index contributed by atoms with van der Waals surface area (Å²) < 4.78 is 44.0. The van der Waals surface area contributed by atoms with E-state index >= 15 is 0 Å². The Hall–Kier alpha value is -2.44. The second kappa shape index (κ2) is 7.05. The van der Waals surface area contributed by atoms with Crippen LogP contribution in [-0.4, -0.2) is 34.8 Å². The largest absolute Gasteiger partial charge is 0.465 e. The molecule has 0 amide bonds. The van der Waals surface area contributed by atoms with Crippen molar-refractivity contribution in [3.8, 4) is 0 Å². The molecule has 1 aromatic rings. The number of nitrogens with zero attached hydrogens (tertiary/aromatic N) is 3. The number of esters is 1. The maximum absolute atomic E-state index is 13.1. The van der Waals surface area contributed by atoms with Crippen molar-refractivity contribution in [1.82, 2.24) is 5.06 Å². The number of anilines is 1. The summed E-state index contributed by atoms with van der Waals surface area (Å²) in [4.78, 5) is 31.9. The number of carbonyl (C=O) groups is 1. The van der Waals surface area contributed by atoms with E-state index in [9.17, 15) is 28.1 Å². The van der Waals surface area contributed by atoms with E-state index in [1.807, 2.05) is 0 Å². The fourth-order valence-electron chi connectivity index (χ4n) is 2.12. The molecule has 26 heavy (non-hydrogen) atoms. The molecule has 0 radical (unpaired) electrons. The van der Waals surface area contributed by atoms with Gasteiger partial charge in [-0.15, -0.1) is 10.3 Å². The summed E-state index contributed by atoms with van der Waals surface area (Å²) >= 11 is 0. The number of alkyl halides is 3. The van der Waals surface area contributed by atoms with Crippen molar-refractivity contribution < 1.29 is 37.4 Å². The van der Waals surface area contributed by atoms with E-state index in [0.29, 0.717) is 17.4 Å². The summed E-state index contributed by atoms with van der Waals surface area (Å²) in [6.07, 6.45) is -4.95. The van der Waals surface area contributed by atoms with Gasteiger partial charge in [0.1, 0.15) is 12.1 Å². The van der Waals surface area contributed by atoms with Gasteiger partial charge in [-0.25, -0.2) is 4.84 Å². The van der Waals surface area contributed by atoms with Gasteiger partial charge in [-0.1, -0.05) is 0 Å². The van der Waals surface area contributed by atoms with Crippen molar-refractivity contribution in [2.24, 2.45) is 0 Å². The topological polar surface area (TPSA) is 94.4 Å². The molecule has 1 aromatic carbocycles. The highest BCUT2D eigenvalue weighted by Gasteiger charge is 2.44. The van der Waals surface area contributed by atoms with Gasteiger partial charge in [-0.2, -0.15) is 18.1 Å². The predicted molar refractivity (Wildman–Crippen MR) is 80.2 cm³/mol. The highest BCUT2D eigenvalue weighted by atomic mass is 19.4. The molecule has 0 spiro atoms. The van der Waals surface area contributed by atoms with Crippen molar-refractivity contribution in [1.29, 1.82) is 0 Å². The van der Waals surface area contributed by atoms with Crippen LogP contribution < -0.4 is 5.23 Å². The molecule has 0 aliphatic carbocycles. The summed E-state index contributed by atoms with van der Waals surface area (Å²) in [5, 5.41) is 12.5.